The molecule has 1 aliphatic rings. The van der Waals surface area contributed by atoms with Crippen LogP contribution in [0.2, 0.25) is 0 Å². The van der Waals surface area contributed by atoms with Crippen molar-refractivity contribution < 1.29 is 12.8 Å². The summed E-state index contributed by atoms with van der Waals surface area (Å²) in [5.41, 5.74) is 0. The second-order valence-corrected chi connectivity index (χ2v) is 7.10. The summed E-state index contributed by atoms with van der Waals surface area (Å²) in [6.07, 6.45) is 5.65. The van der Waals surface area contributed by atoms with Crippen LogP contribution in [0, 0.1) is 5.82 Å². The predicted molar refractivity (Wildman–Crippen MR) is 78.9 cm³/mol. The van der Waals surface area contributed by atoms with E-state index < -0.39 is 20.9 Å². The highest BCUT2D eigenvalue weighted by atomic mass is 32.2. The van der Waals surface area contributed by atoms with Crippen LogP contribution in [0.25, 0.3) is 0 Å². The van der Waals surface area contributed by atoms with Gasteiger partial charge in [0.25, 0.3) is 10.0 Å². The topological polar surface area (TPSA) is 62.3 Å². The van der Waals surface area contributed by atoms with Gasteiger partial charge in [-0.3, -0.25) is 0 Å². The SMILES string of the molecule is CC1CCCCN1CCCNS(=O)(=O)c1ncccc1F. The molecule has 1 aromatic heterocycles. The molecule has 1 N–H and O–H groups in total. The number of sulfonamides is 1. The molecule has 7 heteroatoms. The Kier molecular flexibility index (Phi) is 5.66. The van der Waals surface area contributed by atoms with Crippen molar-refractivity contribution in [3.63, 3.8) is 0 Å². The highest BCUT2D eigenvalue weighted by Crippen LogP contribution is 2.16. The van der Waals surface area contributed by atoms with Crippen LogP contribution in [0.1, 0.15) is 32.6 Å². The van der Waals surface area contributed by atoms with Crippen LogP contribution in [0.15, 0.2) is 23.4 Å². The molecule has 2 heterocycles. The fourth-order valence-electron chi connectivity index (χ4n) is 2.62. The van der Waals surface area contributed by atoms with Crippen LogP contribution in [0.3, 0.4) is 0 Å². The van der Waals surface area contributed by atoms with E-state index in [1.165, 1.54) is 31.5 Å². The third kappa shape index (κ3) is 4.46. The summed E-state index contributed by atoms with van der Waals surface area (Å²) in [5, 5.41) is -0.531. The summed E-state index contributed by atoms with van der Waals surface area (Å²) in [6, 6.07) is 3.02. The Morgan fingerprint density at radius 3 is 3.00 bits per heavy atom. The van der Waals surface area contributed by atoms with Crippen molar-refractivity contribution in [2.75, 3.05) is 19.6 Å². The maximum Gasteiger partial charge on any atom is 0.261 e. The van der Waals surface area contributed by atoms with Gasteiger partial charge in [0.2, 0.25) is 5.03 Å². The molecule has 1 fully saturated rings. The third-order valence-corrected chi connectivity index (χ3v) is 5.23. The van der Waals surface area contributed by atoms with Gasteiger partial charge in [-0.2, -0.15) is 0 Å². The first-order chi connectivity index (χ1) is 10.0. The van der Waals surface area contributed by atoms with Crippen molar-refractivity contribution >= 4 is 10.0 Å². The van der Waals surface area contributed by atoms with Gasteiger partial charge < -0.3 is 4.90 Å². The molecule has 0 saturated carbocycles. The summed E-state index contributed by atoms with van der Waals surface area (Å²) >= 11 is 0. The van der Waals surface area contributed by atoms with E-state index >= 15 is 0 Å². The van der Waals surface area contributed by atoms with Crippen LogP contribution < -0.4 is 4.72 Å². The lowest BCUT2D eigenvalue weighted by Gasteiger charge is -2.33. The molecule has 0 aromatic carbocycles. The normalized spacial score (nSPS) is 20.6. The Bertz CT molecular complexity index is 565. The van der Waals surface area contributed by atoms with Gasteiger partial charge in [0.05, 0.1) is 0 Å². The number of aromatic nitrogens is 1. The molecule has 1 atom stereocenters. The highest BCUT2D eigenvalue weighted by Gasteiger charge is 2.21. The minimum absolute atomic E-state index is 0.293. The Morgan fingerprint density at radius 1 is 1.48 bits per heavy atom. The van der Waals surface area contributed by atoms with Crippen molar-refractivity contribution in [1.82, 2.24) is 14.6 Å². The van der Waals surface area contributed by atoms with Crippen molar-refractivity contribution in [3.8, 4) is 0 Å². The minimum Gasteiger partial charge on any atom is -0.301 e. The van der Waals surface area contributed by atoms with Crippen molar-refractivity contribution in [1.29, 1.82) is 0 Å². The van der Waals surface area contributed by atoms with Gasteiger partial charge in [-0.15, -0.1) is 0 Å². The first-order valence-corrected chi connectivity index (χ1v) is 8.83. The molecule has 0 bridgehead atoms. The minimum atomic E-state index is -3.86. The second kappa shape index (κ2) is 7.29. The molecule has 1 aromatic rings. The van der Waals surface area contributed by atoms with Crippen LogP contribution in [0.5, 0.6) is 0 Å². The maximum atomic E-state index is 13.4. The number of nitrogens with one attached hydrogen (secondary N) is 1. The van der Waals surface area contributed by atoms with Crippen LogP contribution in [-0.2, 0) is 10.0 Å². The van der Waals surface area contributed by atoms with E-state index in [2.05, 4.69) is 21.5 Å². The smallest absolute Gasteiger partial charge is 0.261 e. The van der Waals surface area contributed by atoms with Crippen molar-refractivity contribution in [2.45, 2.75) is 43.7 Å². The Hall–Kier alpha value is -1.05. The molecule has 21 heavy (non-hydrogen) atoms. The highest BCUT2D eigenvalue weighted by molar-refractivity contribution is 7.89. The van der Waals surface area contributed by atoms with E-state index in [9.17, 15) is 12.8 Å². The molecule has 1 unspecified atom stereocenters. The number of piperidine rings is 1. The lowest BCUT2D eigenvalue weighted by Crippen LogP contribution is -2.39. The van der Waals surface area contributed by atoms with E-state index in [4.69, 9.17) is 0 Å². The molecule has 0 radical (unpaired) electrons. The summed E-state index contributed by atoms with van der Waals surface area (Å²) in [7, 11) is -3.86. The van der Waals surface area contributed by atoms with Gasteiger partial charge in [0.1, 0.15) is 0 Å². The Morgan fingerprint density at radius 2 is 2.29 bits per heavy atom. The van der Waals surface area contributed by atoms with Crippen LogP contribution in [-0.4, -0.2) is 44.0 Å². The van der Waals surface area contributed by atoms with E-state index in [1.54, 1.807) is 0 Å². The molecule has 0 aliphatic carbocycles. The van der Waals surface area contributed by atoms with Gasteiger partial charge >= 0.3 is 0 Å². The van der Waals surface area contributed by atoms with E-state index in [0.29, 0.717) is 19.0 Å². The Balaban J connectivity index is 1.81. The molecule has 2 rings (SSSR count). The van der Waals surface area contributed by atoms with E-state index in [-0.39, 0.29) is 0 Å². The Labute approximate surface area is 125 Å². The number of halogens is 1. The van der Waals surface area contributed by atoms with E-state index in [0.717, 1.165) is 19.2 Å². The van der Waals surface area contributed by atoms with Crippen molar-refractivity contribution in [3.05, 3.63) is 24.1 Å². The monoisotopic (exact) mass is 315 g/mol. The predicted octanol–water partition coefficient (Wildman–Crippen LogP) is 1.76. The largest absolute Gasteiger partial charge is 0.301 e. The van der Waals surface area contributed by atoms with Gasteiger partial charge in [-0.05, 0) is 51.4 Å². The number of nitrogens with zero attached hydrogens (tertiary/aromatic N) is 2. The van der Waals surface area contributed by atoms with E-state index in [1.807, 2.05) is 0 Å². The van der Waals surface area contributed by atoms with Gasteiger partial charge in [-0.1, -0.05) is 6.42 Å². The standard InChI is InChI=1S/C14H22FN3O2S/c1-12-6-2-3-10-18(12)11-5-9-17-21(19,20)14-13(15)7-4-8-16-14/h4,7-8,12,17H,2-3,5-6,9-11H2,1H3. The molecule has 1 saturated heterocycles. The average Bonchev–Trinajstić information content (AvgIpc) is 2.45. The van der Waals surface area contributed by atoms with Gasteiger partial charge in [-0.25, -0.2) is 22.5 Å². The van der Waals surface area contributed by atoms with Gasteiger partial charge in [0.15, 0.2) is 5.82 Å². The fraction of sp³-hybridized carbons (Fsp3) is 0.643. The van der Waals surface area contributed by atoms with Crippen LogP contribution >= 0.6 is 0 Å². The summed E-state index contributed by atoms with van der Waals surface area (Å²) in [4.78, 5) is 5.97. The molecular weight excluding hydrogens is 293 g/mol. The molecule has 0 amide bonds. The number of rotatable bonds is 6. The third-order valence-electron chi connectivity index (χ3n) is 3.83. The average molecular weight is 315 g/mol. The summed E-state index contributed by atoms with van der Waals surface area (Å²) in [5.74, 6) is -0.824. The summed E-state index contributed by atoms with van der Waals surface area (Å²) in [6.45, 7) is 4.42. The molecule has 0 spiro atoms. The first-order valence-electron chi connectivity index (χ1n) is 7.35. The maximum absolute atomic E-state index is 13.4. The second-order valence-electron chi connectivity index (χ2n) is 5.42. The number of pyridine rings is 1. The van der Waals surface area contributed by atoms with Crippen LogP contribution in [0.4, 0.5) is 4.39 Å². The summed E-state index contributed by atoms with van der Waals surface area (Å²) < 4.78 is 39.7. The zero-order valence-electron chi connectivity index (χ0n) is 12.3. The zero-order chi connectivity index (χ0) is 15.3. The quantitative estimate of drug-likeness (QED) is 0.813. The zero-order valence-corrected chi connectivity index (χ0v) is 13.1. The number of hydrogen-bond acceptors (Lipinski definition) is 4. The van der Waals surface area contributed by atoms with Crippen molar-refractivity contribution in [2.24, 2.45) is 0 Å². The molecule has 5 nitrogen and oxygen atoms in total. The molecule has 118 valence electrons. The number of likely N-dealkylation sites (tertiary alicyclic amines) is 1. The first kappa shape index (κ1) is 16.3. The molecule has 1 aliphatic heterocycles. The fourth-order valence-corrected chi connectivity index (χ4v) is 3.69. The lowest BCUT2D eigenvalue weighted by atomic mass is 10.0. The van der Waals surface area contributed by atoms with Gasteiger partial charge in [0, 0.05) is 18.8 Å². The molecular formula is C14H22FN3O2S. The number of hydrogen-bond donors (Lipinski definition) is 1. The lowest BCUT2D eigenvalue weighted by molar-refractivity contribution is 0.159.